The van der Waals surface area contributed by atoms with Crippen LogP contribution in [0.5, 0.6) is 0 Å². The largest absolute Gasteiger partial charge is 0.341 e. The standard InChI is InChI=1S/C16H26N4O3/c1-3-16(4-2)14(22)20(15(23)18-16)9-13(21)19-7-10-5-6-12(17)11(10)8-19/h10-12H,3-9,17H2,1-2H3,(H,18,23). The fourth-order valence-corrected chi connectivity index (χ4v) is 4.30. The summed E-state index contributed by atoms with van der Waals surface area (Å²) in [7, 11) is 0. The number of amides is 4. The first kappa shape index (κ1) is 16.2. The van der Waals surface area contributed by atoms with E-state index in [1.807, 2.05) is 13.8 Å². The average Bonchev–Trinajstić information content (AvgIpc) is 3.17. The van der Waals surface area contributed by atoms with Gasteiger partial charge in [0.25, 0.3) is 5.91 Å². The monoisotopic (exact) mass is 322 g/mol. The van der Waals surface area contributed by atoms with Crippen LogP contribution in [0.3, 0.4) is 0 Å². The third-order valence-corrected chi connectivity index (χ3v) is 6.01. The summed E-state index contributed by atoms with van der Waals surface area (Å²) in [5.74, 6) is 0.407. The zero-order valence-corrected chi connectivity index (χ0v) is 13.9. The van der Waals surface area contributed by atoms with Crippen LogP contribution in [-0.2, 0) is 9.59 Å². The van der Waals surface area contributed by atoms with Gasteiger partial charge in [-0.05, 0) is 37.5 Å². The lowest BCUT2D eigenvalue weighted by molar-refractivity contribution is -0.138. The Morgan fingerprint density at radius 1 is 1.26 bits per heavy atom. The first-order chi connectivity index (χ1) is 10.9. The molecule has 2 heterocycles. The number of hydrogen-bond donors (Lipinski definition) is 2. The molecule has 0 aromatic rings. The maximum Gasteiger partial charge on any atom is 0.325 e. The second-order valence-electron chi connectivity index (χ2n) is 7.07. The lowest BCUT2D eigenvalue weighted by Gasteiger charge is -2.24. The summed E-state index contributed by atoms with van der Waals surface area (Å²) in [6.07, 6.45) is 3.15. The Balaban J connectivity index is 1.65. The van der Waals surface area contributed by atoms with Gasteiger partial charge < -0.3 is 16.0 Å². The Bertz CT molecular complexity index is 531. The normalized spacial score (nSPS) is 32.4. The summed E-state index contributed by atoms with van der Waals surface area (Å²) in [6, 6.07) is -0.287. The van der Waals surface area contributed by atoms with E-state index in [0.717, 1.165) is 17.7 Å². The molecule has 0 aromatic carbocycles. The summed E-state index contributed by atoms with van der Waals surface area (Å²) in [5, 5.41) is 2.76. The number of imide groups is 1. The number of urea groups is 1. The van der Waals surface area contributed by atoms with Crippen LogP contribution in [0.25, 0.3) is 0 Å². The van der Waals surface area contributed by atoms with Gasteiger partial charge in [-0.25, -0.2) is 4.79 Å². The molecule has 128 valence electrons. The average molecular weight is 322 g/mol. The van der Waals surface area contributed by atoms with Crippen LogP contribution in [0.2, 0.25) is 0 Å². The molecule has 2 saturated heterocycles. The highest BCUT2D eigenvalue weighted by Gasteiger charge is 2.50. The van der Waals surface area contributed by atoms with Crippen LogP contribution < -0.4 is 11.1 Å². The highest BCUT2D eigenvalue weighted by Crippen LogP contribution is 2.37. The smallest absolute Gasteiger partial charge is 0.325 e. The molecule has 23 heavy (non-hydrogen) atoms. The molecule has 7 heteroatoms. The molecule has 0 bridgehead atoms. The number of carbonyl (C=O) groups excluding carboxylic acids is 3. The van der Waals surface area contributed by atoms with E-state index in [-0.39, 0.29) is 24.4 Å². The molecule has 1 saturated carbocycles. The van der Waals surface area contributed by atoms with E-state index < -0.39 is 11.6 Å². The SMILES string of the molecule is CCC1(CC)NC(=O)N(CC(=O)N2CC3CCC(N)C3C2)C1=O. The predicted octanol–water partition coefficient (Wildman–Crippen LogP) is 0.293. The van der Waals surface area contributed by atoms with Gasteiger partial charge in [-0.1, -0.05) is 13.8 Å². The minimum Gasteiger partial charge on any atom is -0.341 e. The molecule has 0 aromatic heterocycles. The van der Waals surface area contributed by atoms with Crippen LogP contribution >= 0.6 is 0 Å². The molecule has 0 spiro atoms. The van der Waals surface area contributed by atoms with Gasteiger partial charge in [-0.3, -0.25) is 14.5 Å². The fraction of sp³-hybridized carbons (Fsp3) is 0.812. The Kier molecular flexibility index (Phi) is 4.08. The van der Waals surface area contributed by atoms with Gasteiger partial charge >= 0.3 is 6.03 Å². The van der Waals surface area contributed by atoms with Crippen LogP contribution in [0.1, 0.15) is 39.5 Å². The Morgan fingerprint density at radius 3 is 2.52 bits per heavy atom. The van der Waals surface area contributed by atoms with E-state index in [1.54, 1.807) is 4.90 Å². The fourth-order valence-electron chi connectivity index (χ4n) is 4.30. The van der Waals surface area contributed by atoms with Gasteiger partial charge in [-0.15, -0.1) is 0 Å². The maximum atomic E-state index is 12.6. The van der Waals surface area contributed by atoms with Crippen LogP contribution in [0.15, 0.2) is 0 Å². The Morgan fingerprint density at radius 2 is 1.96 bits per heavy atom. The van der Waals surface area contributed by atoms with Crippen molar-refractivity contribution in [1.29, 1.82) is 0 Å². The summed E-state index contributed by atoms with van der Waals surface area (Å²) < 4.78 is 0. The molecule has 0 radical (unpaired) electrons. The number of nitrogens with one attached hydrogen (secondary N) is 1. The second kappa shape index (κ2) is 5.78. The lowest BCUT2D eigenvalue weighted by Crippen LogP contribution is -2.47. The second-order valence-corrected chi connectivity index (χ2v) is 7.07. The Labute approximate surface area is 136 Å². The number of hydrogen-bond acceptors (Lipinski definition) is 4. The van der Waals surface area contributed by atoms with E-state index in [9.17, 15) is 14.4 Å². The molecule has 7 nitrogen and oxygen atoms in total. The van der Waals surface area contributed by atoms with Crippen molar-refractivity contribution < 1.29 is 14.4 Å². The number of fused-ring (bicyclic) bond motifs is 1. The molecule has 1 aliphatic carbocycles. The van der Waals surface area contributed by atoms with E-state index in [4.69, 9.17) is 5.73 Å². The van der Waals surface area contributed by atoms with Crippen molar-refractivity contribution in [2.45, 2.75) is 51.1 Å². The van der Waals surface area contributed by atoms with Crippen molar-refractivity contribution in [1.82, 2.24) is 15.1 Å². The quantitative estimate of drug-likeness (QED) is 0.727. The summed E-state index contributed by atoms with van der Waals surface area (Å²) in [6.45, 7) is 4.93. The van der Waals surface area contributed by atoms with Crippen molar-refractivity contribution >= 4 is 17.8 Å². The number of carbonyl (C=O) groups is 3. The maximum absolute atomic E-state index is 12.6. The first-order valence-electron chi connectivity index (χ1n) is 8.59. The third kappa shape index (κ3) is 2.51. The number of nitrogens with zero attached hydrogens (tertiary/aromatic N) is 2. The van der Waals surface area contributed by atoms with Crippen molar-refractivity contribution in [3.05, 3.63) is 0 Å². The van der Waals surface area contributed by atoms with Gasteiger partial charge in [0.15, 0.2) is 0 Å². The molecule has 2 aliphatic heterocycles. The summed E-state index contributed by atoms with van der Waals surface area (Å²) >= 11 is 0. The highest BCUT2D eigenvalue weighted by atomic mass is 16.2. The van der Waals surface area contributed by atoms with E-state index in [2.05, 4.69) is 5.32 Å². The van der Waals surface area contributed by atoms with E-state index in [0.29, 0.717) is 37.8 Å². The first-order valence-corrected chi connectivity index (χ1v) is 8.59. The van der Waals surface area contributed by atoms with Crippen LogP contribution in [0.4, 0.5) is 4.79 Å². The highest BCUT2D eigenvalue weighted by molar-refractivity contribution is 6.09. The molecule has 3 fully saturated rings. The molecule has 3 atom stereocenters. The van der Waals surface area contributed by atoms with Crippen molar-refractivity contribution in [2.75, 3.05) is 19.6 Å². The zero-order chi connectivity index (χ0) is 16.8. The van der Waals surface area contributed by atoms with Gasteiger partial charge in [0, 0.05) is 19.1 Å². The predicted molar refractivity (Wildman–Crippen MR) is 84.3 cm³/mol. The van der Waals surface area contributed by atoms with Crippen LogP contribution in [0, 0.1) is 11.8 Å². The van der Waals surface area contributed by atoms with Gasteiger partial charge in [0.1, 0.15) is 12.1 Å². The molecule has 3 unspecified atom stereocenters. The molecule has 3 aliphatic rings. The number of nitrogens with two attached hydrogens (primary N) is 1. The minimum absolute atomic E-state index is 0.155. The van der Waals surface area contributed by atoms with Crippen molar-refractivity contribution in [2.24, 2.45) is 17.6 Å². The van der Waals surface area contributed by atoms with E-state index in [1.165, 1.54) is 0 Å². The number of likely N-dealkylation sites (tertiary alicyclic amines) is 1. The number of rotatable bonds is 4. The zero-order valence-electron chi connectivity index (χ0n) is 13.9. The molecular weight excluding hydrogens is 296 g/mol. The summed E-state index contributed by atoms with van der Waals surface area (Å²) in [5.41, 5.74) is 5.25. The van der Waals surface area contributed by atoms with Crippen molar-refractivity contribution in [3.63, 3.8) is 0 Å². The third-order valence-electron chi connectivity index (χ3n) is 6.01. The van der Waals surface area contributed by atoms with Gasteiger partial charge in [0.2, 0.25) is 5.91 Å². The summed E-state index contributed by atoms with van der Waals surface area (Å²) in [4.78, 5) is 40.0. The molecular formula is C16H26N4O3. The van der Waals surface area contributed by atoms with Gasteiger partial charge in [0.05, 0.1) is 0 Å². The lowest BCUT2D eigenvalue weighted by atomic mass is 9.93. The molecule has 3 N–H and O–H groups in total. The molecule has 3 rings (SSSR count). The van der Waals surface area contributed by atoms with Crippen LogP contribution in [-0.4, -0.2) is 58.9 Å². The topological polar surface area (TPSA) is 95.7 Å². The molecule has 4 amide bonds. The van der Waals surface area contributed by atoms with E-state index >= 15 is 0 Å². The van der Waals surface area contributed by atoms with Crippen molar-refractivity contribution in [3.8, 4) is 0 Å². The van der Waals surface area contributed by atoms with Gasteiger partial charge in [-0.2, -0.15) is 0 Å². The minimum atomic E-state index is -0.846. The Hall–Kier alpha value is -1.63.